The van der Waals surface area contributed by atoms with Crippen molar-refractivity contribution in [1.82, 2.24) is 0 Å². The molecule has 1 atom stereocenters. The van der Waals surface area contributed by atoms with Gasteiger partial charge in [0.1, 0.15) is 33.9 Å². The number of para-hydroxylation sites is 1. The molecule has 1 amide bonds. The van der Waals surface area contributed by atoms with E-state index >= 15 is 0 Å². The first-order valence-electron chi connectivity index (χ1n) is 12.4. The van der Waals surface area contributed by atoms with Crippen molar-refractivity contribution in [3.05, 3.63) is 76.7 Å². The fourth-order valence-corrected chi connectivity index (χ4v) is 6.05. The summed E-state index contributed by atoms with van der Waals surface area (Å²) in [6.45, 7) is 7.89. The zero-order valence-electron chi connectivity index (χ0n) is 21.2. The van der Waals surface area contributed by atoms with Crippen LogP contribution in [0.25, 0.3) is 0 Å². The molecule has 0 aliphatic carbocycles. The van der Waals surface area contributed by atoms with Crippen LogP contribution in [0.3, 0.4) is 0 Å². The number of ether oxygens (including phenoxy) is 2. The molecule has 3 aliphatic heterocycles. The lowest BCUT2D eigenvalue weighted by Crippen LogP contribution is -2.50. The van der Waals surface area contributed by atoms with Gasteiger partial charge in [0.05, 0.1) is 6.54 Å². The molecule has 194 valence electrons. The van der Waals surface area contributed by atoms with Crippen molar-refractivity contribution in [2.24, 2.45) is 0 Å². The lowest BCUT2D eigenvalue weighted by molar-refractivity contribution is -0.153. The van der Waals surface area contributed by atoms with E-state index in [-0.39, 0.29) is 23.8 Å². The molecule has 3 aliphatic rings. The topological polar surface area (TPSA) is 51.9 Å². The Bertz CT molecular complexity index is 1420. The molecule has 0 radical (unpaired) electrons. The Hall–Kier alpha value is -3.42. The number of hydrogen-bond donors (Lipinski definition) is 0. The molecule has 0 saturated heterocycles. The Kier molecular flexibility index (Phi) is 4.89. The quantitative estimate of drug-likeness (QED) is 0.380. The first-order valence-corrected chi connectivity index (χ1v) is 12.4. The average molecular weight is 512 g/mol. The number of halogens is 3. The number of fused-ring (bicyclic) bond motifs is 5. The minimum atomic E-state index is -4.59. The third-order valence-electron chi connectivity index (χ3n) is 7.60. The molecular weight excluding hydrogens is 483 g/mol. The summed E-state index contributed by atoms with van der Waals surface area (Å²) >= 11 is 0. The van der Waals surface area contributed by atoms with Crippen LogP contribution < -0.4 is 14.4 Å². The lowest BCUT2D eigenvalue weighted by atomic mass is 9.66. The fraction of sp³-hybridized carbons (Fsp3) is 0.414. The Morgan fingerprint density at radius 3 is 2.38 bits per heavy atom. The van der Waals surface area contributed by atoms with E-state index in [9.17, 15) is 18.0 Å². The van der Waals surface area contributed by atoms with Gasteiger partial charge in [0.2, 0.25) is 11.7 Å². The number of benzene rings is 2. The molecule has 2 aromatic carbocycles. The Labute approximate surface area is 213 Å². The summed E-state index contributed by atoms with van der Waals surface area (Å²) in [6.07, 6.45) is -2.56. The molecule has 6 rings (SSSR count). The number of alkyl halides is 3. The second kappa shape index (κ2) is 7.55. The molecule has 8 heteroatoms. The van der Waals surface area contributed by atoms with Gasteiger partial charge in [-0.25, -0.2) is 0 Å². The monoisotopic (exact) mass is 511 g/mol. The van der Waals surface area contributed by atoms with Gasteiger partial charge in [-0.3, -0.25) is 4.79 Å². The van der Waals surface area contributed by atoms with Crippen molar-refractivity contribution in [3.8, 4) is 11.5 Å². The normalized spacial score (nSPS) is 23.2. The van der Waals surface area contributed by atoms with Crippen molar-refractivity contribution in [3.63, 3.8) is 0 Å². The van der Waals surface area contributed by atoms with Gasteiger partial charge in [-0.1, -0.05) is 18.2 Å². The Morgan fingerprint density at radius 1 is 0.919 bits per heavy atom. The van der Waals surface area contributed by atoms with E-state index in [1.165, 1.54) is 6.07 Å². The van der Waals surface area contributed by atoms with Crippen molar-refractivity contribution >= 4 is 11.6 Å². The third kappa shape index (κ3) is 3.71. The van der Waals surface area contributed by atoms with Crippen LogP contribution in [0.5, 0.6) is 11.5 Å². The lowest BCUT2D eigenvalue weighted by Gasteiger charge is -2.44. The molecule has 37 heavy (non-hydrogen) atoms. The molecule has 5 nitrogen and oxygen atoms in total. The van der Waals surface area contributed by atoms with Crippen LogP contribution in [0.4, 0.5) is 18.9 Å². The first kappa shape index (κ1) is 23.9. The number of furan rings is 1. The fourth-order valence-electron chi connectivity index (χ4n) is 6.05. The highest BCUT2D eigenvalue weighted by Crippen LogP contribution is 2.57. The highest BCUT2D eigenvalue weighted by atomic mass is 19.4. The molecule has 1 aromatic heterocycles. The van der Waals surface area contributed by atoms with Crippen molar-refractivity contribution in [2.75, 3.05) is 4.90 Å². The minimum absolute atomic E-state index is 0.0696. The maximum atomic E-state index is 14.4. The number of carbonyl (C=O) groups is 1. The number of nitrogens with zero attached hydrogens (tertiary/aromatic N) is 1. The largest absolute Gasteiger partial charge is 0.487 e. The van der Waals surface area contributed by atoms with Gasteiger partial charge in [-0.15, -0.1) is 0 Å². The van der Waals surface area contributed by atoms with Crippen LogP contribution in [0.1, 0.15) is 68.7 Å². The number of anilines is 1. The van der Waals surface area contributed by atoms with Crippen LogP contribution in [-0.4, -0.2) is 17.1 Å². The van der Waals surface area contributed by atoms with Crippen molar-refractivity contribution in [1.29, 1.82) is 0 Å². The van der Waals surface area contributed by atoms with Gasteiger partial charge in [0.15, 0.2) is 0 Å². The SMILES string of the molecule is CC1(C)CCc2cc3c(cc2O1)OC(C)(C)CC31C(=O)N(Cc2ccc(C(F)(F)F)o2)c2ccccc21. The number of rotatable bonds is 2. The van der Waals surface area contributed by atoms with E-state index in [1.807, 2.05) is 50.2 Å². The van der Waals surface area contributed by atoms with E-state index in [4.69, 9.17) is 13.9 Å². The summed E-state index contributed by atoms with van der Waals surface area (Å²) in [6, 6.07) is 13.6. The Balaban J connectivity index is 1.49. The van der Waals surface area contributed by atoms with Crippen LogP contribution in [0.2, 0.25) is 0 Å². The second-order valence-corrected chi connectivity index (χ2v) is 11.4. The summed E-state index contributed by atoms with van der Waals surface area (Å²) in [5.74, 6) is 0.140. The summed E-state index contributed by atoms with van der Waals surface area (Å²) in [5.41, 5.74) is 1.24. The smallest absolute Gasteiger partial charge is 0.449 e. The highest BCUT2D eigenvalue weighted by Gasteiger charge is 2.58. The number of amides is 1. The Morgan fingerprint density at radius 2 is 1.65 bits per heavy atom. The van der Waals surface area contributed by atoms with Gasteiger partial charge in [0, 0.05) is 23.7 Å². The van der Waals surface area contributed by atoms with Gasteiger partial charge in [-0.05, 0) is 75.9 Å². The van der Waals surface area contributed by atoms with Crippen molar-refractivity contribution in [2.45, 2.75) is 76.3 Å². The molecule has 0 saturated carbocycles. The summed E-state index contributed by atoms with van der Waals surface area (Å²) in [4.78, 5) is 16.0. The van der Waals surface area contributed by atoms with E-state index in [0.29, 0.717) is 17.9 Å². The zero-order chi connectivity index (χ0) is 26.4. The third-order valence-corrected chi connectivity index (χ3v) is 7.60. The van der Waals surface area contributed by atoms with Crippen molar-refractivity contribution < 1.29 is 31.9 Å². The molecule has 1 spiro atoms. The summed E-state index contributed by atoms with van der Waals surface area (Å²) in [7, 11) is 0. The molecule has 0 N–H and O–H groups in total. The van der Waals surface area contributed by atoms with E-state index in [0.717, 1.165) is 41.3 Å². The van der Waals surface area contributed by atoms with Gasteiger partial charge in [-0.2, -0.15) is 13.2 Å². The molecule has 1 unspecified atom stereocenters. The molecular formula is C29H28F3NO4. The van der Waals surface area contributed by atoms with Crippen LogP contribution >= 0.6 is 0 Å². The van der Waals surface area contributed by atoms with E-state index in [2.05, 4.69) is 13.8 Å². The van der Waals surface area contributed by atoms with Crippen LogP contribution in [-0.2, 0) is 29.4 Å². The number of aryl methyl sites for hydroxylation is 1. The predicted molar refractivity (Wildman–Crippen MR) is 131 cm³/mol. The number of hydrogen-bond acceptors (Lipinski definition) is 4. The van der Waals surface area contributed by atoms with Gasteiger partial charge >= 0.3 is 6.18 Å². The number of carbonyl (C=O) groups excluding carboxylic acids is 1. The van der Waals surface area contributed by atoms with Crippen LogP contribution in [0.15, 0.2) is 52.9 Å². The molecule has 4 heterocycles. The predicted octanol–water partition coefficient (Wildman–Crippen LogP) is 6.80. The highest BCUT2D eigenvalue weighted by molar-refractivity contribution is 6.11. The molecule has 3 aromatic rings. The minimum Gasteiger partial charge on any atom is -0.487 e. The van der Waals surface area contributed by atoms with Gasteiger partial charge in [0.25, 0.3) is 0 Å². The molecule has 0 bridgehead atoms. The standard InChI is InChI=1S/C29H28F3NO4/c1-26(2)12-11-17-13-20-23(14-22(17)36-26)37-27(3,4)16-28(20)19-7-5-6-8-21(19)33(25(28)34)15-18-9-10-24(35-18)29(30,31)32/h5-10,13-14H,11-12,15-16H2,1-4H3. The second-order valence-electron chi connectivity index (χ2n) is 11.4. The van der Waals surface area contributed by atoms with E-state index < -0.39 is 23.0 Å². The first-order chi connectivity index (χ1) is 17.3. The average Bonchev–Trinajstić information content (AvgIpc) is 3.36. The van der Waals surface area contributed by atoms with Gasteiger partial charge < -0.3 is 18.8 Å². The maximum Gasteiger partial charge on any atom is 0.449 e. The summed E-state index contributed by atoms with van der Waals surface area (Å²) in [5, 5.41) is 0. The van der Waals surface area contributed by atoms with Crippen LogP contribution in [0, 0.1) is 0 Å². The maximum absolute atomic E-state index is 14.4. The van der Waals surface area contributed by atoms with E-state index in [1.54, 1.807) is 4.90 Å². The molecule has 0 fully saturated rings. The summed E-state index contributed by atoms with van der Waals surface area (Å²) < 4.78 is 57.2. The zero-order valence-corrected chi connectivity index (χ0v) is 21.2.